The lowest BCUT2D eigenvalue weighted by Gasteiger charge is -2.47. The van der Waals surface area contributed by atoms with E-state index in [9.17, 15) is 9.59 Å². The Labute approximate surface area is 126 Å². The molecule has 0 saturated carbocycles. The van der Waals surface area contributed by atoms with Crippen LogP contribution in [0.1, 0.15) is 46.2 Å². The molecule has 114 valence electrons. The predicted molar refractivity (Wildman–Crippen MR) is 82.6 cm³/mol. The number of benzene rings is 1. The van der Waals surface area contributed by atoms with E-state index >= 15 is 0 Å². The van der Waals surface area contributed by atoms with Gasteiger partial charge in [-0.1, -0.05) is 44.2 Å². The smallest absolute Gasteiger partial charge is 0.250 e. The van der Waals surface area contributed by atoms with Gasteiger partial charge in [0.05, 0.1) is 0 Å². The average Bonchev–Trinajstić information content (AvgIpc) is 2.39. The summed E-state index contributed by atoms with van der Waals surface area (Å²) in [6.45, 7) is 9.86. The molecule has 2 amide bonds. The standard InChI is InChI=1S/C17H24N2O2/c1-11(2)14-15(20)18-13(12-9-7-6-8-10-12)16(21)19(14)17(3,4)5/h6-11,13-14H,1-5H3,(H,18,20). The van der Waals surface area contributed by atoms with Crippen LogP contribution in [0.4, 0.5) is 0 Å². The molecule has 4 heteroatoms. The van der Waals surface area contributed by atoms with E-state index in [-0.39, 0.29) is 17.7 Å². The minimum Gasteiger partial charge on any atom is -0.339 e. The van der Waals surface area contributed by atoms with E-state index in [4.69, 9.17) is 0 Å². The largest absolute Gasteiger partial charge is 0.339 e. The molecule has 1 saturated heterocycles. The number of carbonyl (C=O) groups is 2. The summed E-state index contributed by atoms with van der Waals surface area (Å²) < 4.78 is 0. The van der Waals surface area contributed by atoms with Crippen LogP contribution < -0.4 is 5.32 Å². The lowest BCUT2D eigenvalue weighted by atomic mass is 9.89. The second kappa shape index (κ2) is 5.51. The van der Waals surface area contributed by atoms with E-state index in [0.717, 1.165) is 5.56 Å². The molecule has 0 radical (unpaired) electrons. The number of rotatable bonds is 2. The fraction of sp³-hybridized carbons (Fsp3) is 0.529. The monoisotopic (exact) mass is 288 g/mol. The van der Waals surface area contributed by atoms with Gasteiger partial charge in [-0.2, -0.15) is 0 Å². The predicted octanol–water partition coefficient (Wildman–Crippen LogP) is 2.51. The van der Waals surface area contributed by atoms with E-state index in [1.807, 2.05) is 65.0 Å². The zero-order valence-electron chi connectivity index (χ0n) is 13.4. The van der Waals surface area contributed by atoms with Crippen molar-refractivity contribution in [1.29, 1.82) is 0 Å². The van der Waals surface area contributed by atoms with Crippen molar-refractivity contribution in [2.75, 3.05) is 0 Å². The van der Waals surface area contributed by atoms with Gasteiger partial charge in [-0.05, 0) is 32.3 Å². The van der Waals surface area contributed by atoms with Crippen LogP contribution in [0.15, 0.2) is 30.3 Å². The zero-order valence-corrected chi connectivity index (χ0v) is 13.4. The Bertz CT molecular complexity index is 531. The van der Waals surface area contributed by atoms with E-state index in [0.29, 0.717) is 0 Å². The fourth-order valence-electron chi connectivity index (χ4n) is 2.90. The maximum atomic E-state index is 12.9. The molecule has 0 spiro atoms. The van der Waals surface area contributed by atoms with Crippen LogP contribution >= 0.6 is 0 Å². The van der Waals surface area contributed by atoms with Gasteiger partial charge in [0, 0.05) is 5.54 Å². The maximum absolute atomic E-state index is 12.9. The highest BCUT2D eigenvalue weighted by molar-refractivity contribution is 5.98. The van der Waals surface area contributed by atoms with Gasteiger partial charge in [-0.25, -0.2) is 0 Å². The second-order valence-electron chi connectivity index (χ2n) is 6.92. The molecule has 1 aliphatic heterocycles. The molecular formula is C17H24N2O2. The number of piperazine rings is 1. The topological polar surface area (TPSA) is 49.4 Å². The molecule has 1 N–H and O–H groups in total. The number of hydrogen-bond acceptors (Lipinski definition) is 2. The molecule has 4 nitrogen and oxygen atoms in total. The first-order valence-corrected chi connectivity index (χ1v) is 7.42. The van der Waals surface area contributed by atoms with Gasteiger partial charge in [0.1, 0.15) is 12.1 Å². The molecule has 0 bridgehead atoms. The molecule has 21 heavy (non-hydrogen) atoms. The summed E-state index contributed by atoms with van der Waals surface area (Å²) in [6, 6.07) is 8.40. The normalized spacial score (nSPS) is 23.4. The zero-order chi connectivity index (χ0) is 15.8. The van der Waals surface area contributed by atoms with E-state index < -0.39 is 17.6 Å². The molecule has 1 aromatic rings. The molecule has 1 fully saturated rings. The van der Waals surface area contributed by atoms with Gasteiger partial charge in [-0.15, -0.1) is 0 Å². The van der Waals surface area contributed by atoms with Crippen LogP contribution in [0.25, 0.3) is 0 Å². The maximum Gasteiger partial charge on any atom is 0.250 e. The molecule has 1 aliphatic rings. The van der Waals surface area contributed by atoms with Crippen molar-refractivity contribution >= 4 is 11.8 Å². The van der Waals surface area contributed by atoms with Crippen molar-refractivity contribution in [2.45, 2.75) is 52.2 Å². The summed E-state index contributed by atoms with van der Waals surface area (Å²) in [4.78, 5) is 27.2. The lowest BCUT2D eigenvalue weighted by molar-refractivity contribution is -0.157. The van der Waals surface area contributed by atoms with Crippen LogP contribution in [0.5, 0.6) is 0 Å². The Morgan fingerprint density at radius 1 is 1.10 bits per heavy atom. The summed E-state index contributed by atoms with van der Waals surface area (Å²) in [6.07, 6.45) is 0. The molecule has 0 aliphatic carbocycles. The lowest BCUT2D eigenvalue weighted by Crippen LogP contribution is -2.66. The first kappa shape index (κ1) is 15.5. The summed E-state index contributed by atoms with van der Waals surface area (Å²) in [5.41, 5.74) is 0.434. The van der Waals surface area contributed by atoms with Crippen molar-refractivity contribution < 1.29 is 9.59 Å². The quantitative estimate of drug-likeness (QED) is 0.909. The van der Waals surface area contributed by atoms with Gasteiger partial charge >= 0.3 is 0 Å². The molecule has 2 rings (SSSR count). The SMILES string of the molecule is CC(C)C1C(=O)NC(c2ccccc2)C(=O)N1C(C)(C)C. The van der Waals surface area contributed by atoms with E-state index in [1.54, 1.807) is 4.90 Å². The van der Waals surface area contributed by atoms with E-state index in [2.05, 4.69) is 5.32 Å². The molecular weight excluding hydrogens is 264 g/mol. The number of amides is 2. The third-order valence-corrected chi connectivity index (χ3v) is 3.80. The van der Waals surface area contributed by atoms with Crippen LogP contribution in [0, 0.1) is 5.92 Å². The van der Waals surface area contributed by atoms with Crippen molar-refractivity contribution in [2.24, 2.45) is 5.92 Å². The minimum absolute atomic E-state index is 0.0352. The van der Waals surface area contributed by atoms with Gasteiger partial charge in [0.2, 0.25) is 5.91 Å². The third-order valence-electron chi connectivity index (χ3n) is 3.80. The van der Waals surface area contributed by atoms with Crippen LogP contribution in [-0.4, -0.2) is 28.3 Å². The Morgan fingerprint density at radius 3 is 2.14 bits per heavy atom. The number of nitrogens with zero attached hydrogens (tertiary/aromatic N) is 1. The first-order chi connectivity index (χ1) is 9.73. The highest BCUT2D eigenvalue weighted by Crippen LogP contribution is 2.31. The summed E-state index contributed by atoms with van der Waals surface area (Å²) in [5.74, 6) is -0.0368. The Balaban J connectivity index is 2.43. The summed E-state index contributed by atoms with van der Waals surface area (Å²) in [7, 11) is 0. The summed E-state index contributed by atoms with van der Waals surface area (Å²) >= 11 is 0. The van der Waals surface area contributed by atoms with Gasteiger partial charge in [0.25, 0.3) is 5.91 Å². The third kappa shape index (κ3) is 2.94. The highest BCUT2D eigenvalue weighted by Gasteiger charge is 2.46. The van der Waals surface area contributed by atoms with Gasteiger partial charge < -0.3 is 10.2 Å². The number of hydrogen-bond donors (Lipinski definition) is 1. The average molecular weight is 288 g/mol. The van der Waals surface area contributed by atoms with Crippen LogP contribution in [0.2, 0.25) is 0 Å². The minimum atomic E-state index is -0.590. The molecule has 2 atom stereocenters. The fourth-order valence-corrected chi connectivity index (χ4v) is 2.90. The summed E-state index contributed by atoms with van der Waals surface area (Å²) in [5, 5.41) is 2.89. The number of carbonyl (C=O) groups excluding carboxylic acids is 2. The van der Waals surface area contributed by atoms with Crippen molar-refractivity contribution in [3.05, 3.63) is 35.9 Å². The van der Waals surface area contributed by atoms with Crippen molar-refractivity contribution in [3.8, 4) is 0 Å². The molecule has 1 aromatic carbocycles. The Kier molecular flexibility index (Phi) is 4.08. The highest BCUT2D eigenvalue weighted by atomic mass is 16.2. The molecule has 2 unspecified atom stereocenters. The van der Waals surface area contributed by atoms with Crippen LogP contribution in [0.3, 0.4) is 0 Å². The van der Waals surface area contributed by atoms with Gasteiger partial charge in [0.15, 0.2) is 0 Å². The van der Waals surface area contributed by atoms with Gasteiger partial charge in [-0.3, -0.25) is 9.59 Å². The van der Waals surface area contributed by atoms with E-state index in [1.165, 1.54) is 0 Å². The number of nitrogens with one attached hydrogen (secondary N) is 1. The Hall–Kier alpha value is -1.84. The molecule has 1 heterocycles. The first-order valence-electron chi connectivity index (χ1n) is 7.42. The van der Waals surface area contributed by atoms with Crippen LogP contribution in [-0.2, 0) is 9.59 Å². The second-order valence-corrected chi connectivity index (χ2v) is 6.92. The Morgan fingerprint density at radius 2 is 1.67 bits per heavy atom. The molecule has 0 aromatic heterocycles. The van der Waals surface area contributed by atoms with Crippen molar-refractivity contribution in [1.82, 2.24) is 10.2 Å². The van der Waals surface area contributed by atoms with Crippen molar-refractivity contribution in [3.63, 3.8) is 0 Å².